The zero-order chi connectivity index (χ0) is 22.4. The van der Waals surface area contributed by atoms with Crippen LogP contribution in [0, 0.1) is 5.92 Å². The van der Waals surface area contributed by atoms with Gasteiger partial charge < -0.3 is 19.7 Å². The number of allylic oxidation sites excluding steroid dienone is 1. The summed E-state index contributed by atoms with van der Waals surface area (Å²) in [4.78, 5) is 26.7. The number of esters is 1. The molecule has 0 fully saturated rings. The van der Waals surface area contributed by atoms with Gasteiger partial charge in [-0.3, -0.25) is 0 Å². The highest BCUT2D eigenvalue weighted by Gasteiger charge is 2.35. The lowest BCUT2D eigenvalue weighted by molar-refractivity contribution is -0.140. The Kier molecular flexibility index (Phi) is 7.34. The number of hydrogen-bond acceptors (Lipinski definition) is 4. The zero-order valence-corrected chi connectivity index (χ0v) is 18.6. The van der Waals surface area contributed by atoms with Crippen LogP contribution < -0.4 is 10.1 Å². The highest BCUT2D eigenvalue weighted by molar-refractivity contribution is 5.95. The van der Waals surface area contributed by atoms with E-state index in [1.807, 2.05) is 54.6 Å². The average Bonchev–Trinajstić information content (AvgIpc) is 2.76. The second-order valence-corrected chi connectivity index (χ2v) is 8.10. The van der Waals surface area contributed by atoms with Gasteiger partial charge in [0.2, 0.25) is 0 Å². The molecule has 6 heteroatoms. The van der Waals surface area contributed by atoms with Gasteiger partial charge in [0.1, 0.15) is 12.4 Å². The van der Waals surface area contributed by atoms with Crippen molar-refractivity contribution in [3.63, 3.8) is 0 Å². The molecule has 2 aromatic carbocycles. The van der Waals surface area contributed by atoms with Crippen LogP contribution in [0.1, 0.15) is 44.4 Å². The van der Waals surface area contributed by atoms with Gasteiger partial charge >= 0.3 is 12.0 Å². The van der Waals surface area contributed by atoms with Gasteiger partial charge in [-0.25, -0.2) is 9.59 Å². The second-order valence-electron chi connectivity index (χ2n) is 8.10. The van der Waals surface area contributed by atoms with Crippen LogP contribution in [-0.2, 0) is 16.1 Å². The van der Waals surface area contributed by atoms with Gasteiger partial charge in [-0.15, -0.1) is 0 Å². The molecule has 1 aliphatic rings. The van der Waals surface area contributed by atoms with Crippen LogP contribution in [0.4, 0.5) is 4.79 Å². The Morgan fingerprint density at radius 3 is 2.42 bits per heavy atom. The van der Waals surface area contributed by atoms with E-state index >= 15 is 0 Å². The van der Waals surface area contributed by atoms with E-state index in [-0.39, 0.29) is 6.03 Å². The van der Waals surface area contributed by atoms with E-state index < -0.39 is 12.0 Å². The molecule has 0 radical (unpaired) electrons. The second kappa shape index (κ2) is 10.2. The molecule has 3 rings (SSSR count). The summed E-state index contributed by atoms with van der Waals surface area (Å²) in [6.45, 7) is 6.75. The summed E-state index contributed by atoms with van der Waals surface area (Å²) in [7, 11) is 1.64. The minimum atomic E-state index is -0.571. The smallest absolute Gasteiger partial charge is 0.338 e. The van der Waals surface area contributed by atoms with Gasteiger partial charge in [0.05, 0.1) is 18.2 Å². The first kappa shape index (κ1) is 22.4. The number of nitrogens with one attached hydrogen (secondary N) is 1. The lowest BCUT2D eigenvalue weighted by Gasteiger charge is -2.33. The highest BCUT2D eigenvalue weighted by Crippen LogP contribution is 2.31. The Morgan fingerprint density at radius 1 is 1.10 bits per heavy atom. The third kappa shape index (κ3) is 5.66. The fourth-order valence-electron chi connectivity index (χ4n) is 3.31. The van der Waals surface area contributed by atoms with Crippen LogP contribution in [0.25, 0.3) is 0 Å². The van der Waals surface area contributed by atoms with Gasteiger partial charge in [0, 0.05) is 12.7 Å². The Bertz CT molecular complexity index is 936. The monoisotopic (exact) mass is 422 g/mol. The lowest BCUT2D eigenvalue weighted by Crippen LogP contribution is -2.46. The van der Waals surface area contributed by atoms with Crippen molar-refractivity contribution >= 4 is 12.0 Å². The van der Waals surface area contributed by atoms with E-state index in [1.54, 1.807) is 14.0 Å². The minimum absolute atomic E-state index is 0.259. The number of benzene rings is 2. The maximum atomic E-state index is 12.9. The van der Waals surface area contributed by atoms with Crippen molar-refractivity contribution < 1.29 is 19.1 Å². The van der Waals surface area contributed by atoms with E-state index in [1.165, 1.54) is 4.90 Å². The average molecular weight is 423 g/mol. The number of ether oxygens (including phenoxy) is 2. The first-order chi connectivity index (χ1) is 14.9. The molecule has 0 aromatic heterocycles. The molecule has 1 aliphatic heterocycles. The van der Waals surface area contributed by atoms with Crippen molar-refractivity contribution in [1.29, 1.82) is 0 Å². The molecule has 164 valence electrons. The molecule has 0 aliphatic carbocycles. The van der Waals surface area contributed by atoms with E-state index in [0.29, 0.717) is 36.2 Å². The van der Waals surface area contributed by atoms with Crippen LogP contribution in [0.3, 0.4) is 0 Å². The zero-order valence-electron chi connectivity index (χ0n) is 18.6. The Hall–Kier alpha value is -3.28. The van der Waals surface area contributed by atoms with Crippen LogP contribution in [0.5, 0.6) is 5.75 Å². The number of nitrogens with zero attached hydrogens (tertiary/aromatic N) is 1. The molecule has 1 atom stereocenters. The molecule has 0 unspecified atom stereocenters. The maximum Gasteiger partial charge on any atom is 0.338 e. The van der Waals surface area contributed by atoms with Crippen molar-refractivity contribution in [2.75, 3.05) is 13.7 Å². The molecular weight excluding hydrogens is 392 g/mol. The summed E-state index contributed by atoms with van der Waals surface area (Å²) in [5, 5.41) is 2.91. The first-order valence-electron chi connectivity index (χ1n) is 10.6. The van der Waals surface area contributed by atoms with Gasteiger partial charge in [-0.2, -0.15) is 0 Å². The van der Waals surface area contributed by atoms with Gasteiger partial charge in [0.25, 0.3) is 0 Å². The molecule has 0 bridgehead atoms. The molecule has 0 saturated carbocycles. The number of urea groups is 1. The SMILES string of the molecule is CC1=C(C(=O)OCCC(C)C)[C@@H](c2ccc(OCc3ccccc3)cc2)NC(=O)N1C. The van der Waals surface area contributed by atoms with E-state index in [9.17, 15) is 9.59 Å². The van der Waals surface area contributed by atoms with E-state index in [0.717, 1.165) is 17.5 Å². The highest BCUT2D eigenvalue weighted by atomic mass is 16.5. The predicted octanol–water partition coefficient (Wildman–Crippen LogP) is 4.83. The number of rotatable bonds is 8. The third-order valence-corrected chi connectivity index (χ3v) is 5.36. The van der Waals surface area contributed by atoms with Gasteiger partial charge in [0.15, 0.2) is 0 Å². The van der Waals surface area contributed by atoms with Crippen molar-refractivity contribution in [3.05, 3.63) is 77.0 Å². The molecule has 6 nitrogen and oxygen atoms in total. The number of hydrogen-bond donors (Lipinski definition) is 1. The summed E-state index contributed by atoms with van der Waals surface area (Å²) in [5.41, 5.74) is 2.92. The number of amides is 2. The first-order valence-corrected chi connectivity index (χ1v) is 10.6. The Balaban J connectivity index is 1.76. The van der Waals surface area contributed by atoms with Crippen molar-refractivity contribution in [2.45, 2.75) is 39.8 Å². The standard InChI is InChI=1S/C25H30N2O4/c1-17(2)14-15-30-24(28)22-18(3)27(4)25(29)26-23(22)20-10-12-21(13-11-20)31-16-19-8-6-5-7-9-19/h5-13,17,23H,14-16H2,1-4H3,(H,26,29)/t23-/m1/s1. The summed E-state index contributed by atoms with van der Waals surface area (Å²) < 4.78 is 11.4. The maximum absolute atomic E-state index is 12.9. The van der Waals surface area contributed by atoms with E-state index in [2.05, 4.69) is 19.2 Å². The fourth-order valence-corrected chi connectivity index (χ4v) is 3.31. The molecule has 0 spiro atoms. The topological polar surface area (TPSA) is 67.9 Å². The minimum Gasteiger partial charge on any atom is -0.489 e. The fraction of sp³-hybridized carbons (Fsp3) is 0.360. The summed E-state index contributed by atoms with van der Waals surface area (Å²) in [5.74, 6) is 0.754. The van der Waals surface area contributed by atoms with Crippen molar-refractivity contribution in [2.24, 2.45) is 5.92 Å². The molecule has 31 heavy (non-hydrogen) atoms. The Labute approximate surface area is 183 Å². The molecule has 2 aromatic rings. The molecule has 2 amide bonds. The molecule has 1 heterocycles. The summed E-state index contributed by atoms with van der Waals surface area (Å²) >= 11 is 0. The summed E-state index contributed by atoms with van der Waals surface area (Å²) in [6.07, 6.45) is 0.790. The van der Waals surface area contributed by atoms with Crippen LogP contribution in [0.2, 0.25) is 0 Å². The van der Waals surface area contributed by atoms with Gasteiger partial charge in [-0.05, 0) is 42.5 Å². The quantitative estimate of drug-likeness (QED) is 0.619. The largest absolute Gasteiger partial charge is 0.489 e. The lowest BCUT2D eigenvalue weighted by atomic mass is 9.95. The van der Waals surface area contributed by atoms with E-state index in [4.69, 9.17) is 9.47 Å². The number of carbonyl (C=O) groups is 2. The normalized spacial score (nSPS) is 16.4. The molecule has 0 saturated heterocycles. The van der Waals surface area contributed by atoms with Gasteiger partial charge in [-0.1, -0.05) is 56.3 Å². The molecule has 1 N–H and O–H groups in total. The predicted molar refractivity (Wildman–Crippen MR) is 119 cm³/mol. The van der Waals surface area contributed by atoms with Crippen molar-refractivity contribution in [1.82, 2.24) is 10.2 Å². The number of carbonyl (C=O) groups excluding carboxylic acids is 2. The van der Waals surface area contributed by atoms with Crippen LogP contribution in [0.15, 0.2) is 65.9 Å². The third-order valence-electron chi connectivity index (χ3n) is 5.36. The Morgan fingerprint density at radius 2 is 1.77 bits per heavy atom. The molecular formula is C25H30N2O4. The van der Waals surface area contributed by atoms with Crippen LogP contribution in [-0.4, -0.2) is 30.6 Å². The van der Waals surface area contributed by atoms with Crippen LogP contribution >= 0.6 is 0 Å². The van der Waals surface area contributed by atoms with Crippen molar-refractivity contribution in [3.8, 4) is 5.75 Å². The summed E-state index contributed by atoms with van der Waals surface area (Å²) in [6, 6.07) is 16.5.